The summed E-state index contributed by atoms with van der Waals surface area (Å²) in [6, 6.07) is 16.5. The maximum atomic E-state index is 12.1. The van der Waals surface area contributed by atoms with Crippen LogP contribution in [0.15, 0.2) is 65.3 Å². The molecule has 7 heteroatoms. The Morgan fingerprint density at radius 1 is 1.10 bits per heavy atom. The van der Waals surface area contributed by atoms with E-state index >= 15 is 0 Å². The number of hydrogen-bond donors (Lipinski definition) is 1. The van der Waals surface area contributed by atoms with Crippen molar-refractivity contribution in [3.8, 4) is 17.2 Å². The second-order valence-corrected chi connectivity index (χ2v) is 6.38. The number of ether oxygens (including phenoxy) is 2. The third kappa shape index (κ3) is 5.44. The quantitative estimate of drug-likeness (QED) is 0.590. The minimum absolute atomic E-state index is 0.0777. The van der Waals surface area contributed by atoms with Gasteiger partial charge in [-0.25, -0.2) is 4.98 Å². The molecule has 1 aromatic heterocycles. The van der Waals surface area contributed by atoms with Crippen LogP contribution in [-0.4, -0.2) is 30.6 Å². The van der Waals surface area contributed by atoms with Crippen molar-refractivity contribution < 1.29 is 23.5 Å². The number of rotatable bonds is 8. The molecule has 1 unspecified atom stereocenters. The van der Waals surface area contributed by atoms with E-state index in [2.05, 4.69) is 10.3 Å². The molecule has 1 atom stereocenters. The third-order valence-electron chi connectivity index (χ3n) is 4.25. The summed E-state index contributed by atoms with van der Waals surface area (Å²) < 4.78 is 15.7. The summed E-state index contributed by atoms with van der Waals surface area (Å²) in [5.41, 5.74) is 2.10. The number of oxazole rings is 1. The van der Waals surface area contributed by atoms with Crippen molar-refractivity contribution in [1.29, 1.82) is 0 Å². The number of methoxy groups -OCH3 is 1. The molecule has 0 aliphatic heterocycles. The summed E-state index contributed by atoms with van der Waals surface area (Å²) in [5, 5.41) is 2.79. The Morgan fingerprint density at radius 2 is 1.83 bits per heavy atom. The van der Waals surface area contributed by atoms with E-state index < -0.39 is 11.9 Å². The number of benzene rings is 2. The number of para-hydroxylation sites is 1. The van der Waals surface area contributed by atoms with Crippen molar-refractivity contribution in [2.24, 2.45) is 0 Å². The highest BCUT2D eigenvalue weighted by atomic mass is 16.5. The van der Waals surface area contributed by atoms with Gasteiger partial charge in [-0.2, -0.15) is 0 Å². The molecule has 29 heavy (non-hydrogen) atoms. The topological polar surface area (TPSA) is 90.7 Å². The second kappa shape index (κ2) is 9.54. The van der Waals surface area contributed by atoms with E-state index in [4.69, 9.17) is 13.9 Å². The summed E-state index contributed by atoms with van der Waals surface area (Å²) in [6.07, 6.45) is 1.33. The Hall–Kier alpha value is -3.61. The van der Waals surface area contributed by atoms with Gasteiger partial charge in [-0.3, -0.25) is 9.59 Å². The lowest BCUT2D eigenvalue weighted by Gasteiger charge is -2.17. The molecule has 0 bridgehead atoms. The van der Waals surface area contributed by atoms with Crippen molar-refractivity contribution in [2.75, 3.05) is 13.7 Å². The normalized spacial score (nSPS) is 11.5. The summed E-state index contributed by atoms with van der Waals surface area (Å²) in [5.74, 6) is 0.147. The van der Waals surface area contributed by atoms with Crippen LogP contribution in [0.4, 0.5) is 0 Å². The van der Waals surface area contributed by atoms with Crippen LogP contribution >= 0.6 is 0 Å². The van der Waals surface area contributed by atoms with Gasteiger partial charge in [0, 0.05) is 11.1 Å². The Balaban J connectivity index is 1.48. The van der Waals surface area contributed by atoms with Gasteiger partial charge >= 0.3 is 5.97 Å². The van der Waals surface area contributed by atoms with E-state index in [1.807, 2.05) is 61.5 Å². The Morgan fingerprint density at radius 3 is 2.59 bits per heavy atom. The minimum Gasteiger partial charge on any atom is -0.496 e. The highest BCUT2D eigenvalue weighted by molar-refractivity contribution is 5.81. The van der Waals surface area contributed by atoms with E-state index in [1.54, 1.807) is 7.11 Å². The van der Waals surface area contributed by atoms with E-state index in [9.17, 15) is 9.59 Å². The second-order valence-electron chi connectivity index (χ2n) is 6.38. The molecule has 0 saturated heterocycles. The smallest absolute Gasteiger partial charge is 0.312 e. The highest BCUT2D eigenvalue weighted by Crippen LogP contribution is 2.24. The molecule has 0 aliphatic rings. The Kier molecular flexibility index (Phi) is 6.63. The number of aromatic nitrogens is 1. The molecule has 0 spiro atoms. The number of carbonyl (C=O) groups is 2. The van der Waals surface area contributed by atoms with Gasteiger partial charge in [0.05, 0.1) is 25.3 Å². The van der Waals surface area contributed by atoms with Crippen molar-refractivity contribution in [3.05, 3.63) is 72.1 Å². The van der Waals surface area contributed by atoms with Crippen LogP contribution in [-0.2, 0) is 20.7 Å². The van der Waals surface area contributed by atoms with Gasteiger partial charge < -0.3 is 19.2 Å². The number of nitrogens with zero attached hydrogens (tertiary/aromatic N) is 1. The number of nitrogens with one attached hydrogen (secondary N) is 1. The first kappa shape index (κ1) is 20.1. The molecular weight excluding hydrogens is 372 g/mol. The SMILES string of the molecule is COc1ccccc1C(C)NC(=O)COC(=O)Cc1coc(-c2ccccc2)n1. The zero-order valence-corrected chi connectivity index (χ0v) is 16.3. The summed E-state index contributed by atoms with van der Waals surface area (Å²) in [4.78, 5) is 28.4. The van der Waals surface area contributed by atoms with Crippen LogP contribution in [0.1, 0.15) is 24.2 Å². The first-order chi connectivity index (χ1) is 14.1. The number of amides is 1. The van der Waals surface area contributed by atoms with Crippen LogP contribution in [0.2, 0.25) is 0 Å². The fraction of sp³-hybridized carbons (Fsp3) is 0.227. The minimum atomic E-state index is -0.557. The first-order valence-corrected chi connectivity index (χ1v) is 9.14. The van der Waals surface area contributed by atoms with E-state index in [-0.39, 0.29) is 19.1 Å². The fourth-order valence-corrected chi connectivity index (χ4v) is 2.83. The van der Waals surface area contributed by atoms with Crippen LogP contribution in [0.5, 0.6) is 5.75 Å². The van der Waals surface area contributed by atoms with E-state index in [1.165, 1.54) is 6.26 Å². The van der Waals surface area contributed by atoms with Crippen molar-refractivity contribution in [1.82, 2.24) is 10.3 Å². The third-order valence-corrected chi connectivity index (χ3v) is 4.25. The monoisotopic (exact) mass is 394 g/mol. The van der Waals surface area contributed by atoms with Gasteiger partial charge in [0.15, 0.2) is 6.61 Å². The van der Waals surface area contributed by atoms with Gasteiger partial charge in [0.25, 0.3) is 5.91 Å². The molecule has 1 N–H and O–H groups in total. The lowest BCUT2D eigenvalue weighted by atomic mass is 10.1. The van der Waals surface area contributed by atoms with Gasteiger partial charge in [0.2, 0.25) is 5.89 Å². The molecule has 0 fully saturated rings. The highest BCUT2D eigenvalue weighted by Gasteiger charge is 2.16. The van der Waals surface area contributed by atoms with Crippen molar-refractivity contribution in [2.45, 2.75) is 19.4 Å². The van der Waals surface area contributed by atoms with E-state index in [0.29, 0.717) is 17.3 Å². The lowest BCUT2D eigenvalue weighted by molar-refractivity contribution is -0.148. The summed E-state index contributed by atoms with van der Waals surface area (Å²) >= 11 is 0. The molecule has 150 valence electrons. The Bertz CT molecular complexity index is 968. The zero-order valence-electron chi connectivity index (χ0n) is 16.3. The van der Waals surface area contributed by atoms with Gasteiger partial charge in [-0.15, -0.1) is 0 Å². The molecule has 1 heterocycles. The van der Waals surface area contributed by atoms with E-state index in [0.717, 1.165) is 11.1 Å². The predicted octanol–water partition coefficient (Wildman–Crippen LogP) is 3.31. The molecule has 7 nitrogen and oxygen atoms in total. The number of esters is 1. The average molecular weight is 394 g/mol. The molecule has 3 rings (SSSR count). The largest absolute Gasteiger partial charge is 0.496 e. The van der Waals surface area contributed by atoms with Crippen LogP contribution in [0, 0.1) is 0 Å². The predicted molar refractivity (Wildman–Crippen MR) is 106 cm³/mol. The van der Waals surface area contributed by atoms with Crippen molar-refractivity contribution in [3.63, 3.8) is 0 Å². The maximum Gasteiger partial charge on any atom is 0.312 e. The van der Waals surface area contributed by atoms with Crippen molar-refractivity contribution >= 4 is 11.9 Å². The average Bonchev–Trinajstić information content (AvgIpc) is 3.21. The summed E-state index contributed by atoms with van der Waals surface area (Å²) in [7, 11) is 1.57. The Labute approximate surface area is 168 Å². The molecule has 1 amide bonds. The standard InChI is InChI=1S/C22H22N2O5/c1-15(18-10-6-7-11-19(18)27-2)23-20(25)14-28-21(26)12-17-13-29-22(24-17)16-8-4-3-5-9-16/h3-11,13,15H,12,14H2,1-2H3,(H,23,25). The van der Waals surface area contributed by atoms with Gasteiger partial charge in [-0.1, -0.05) is 36.4 Å². The molecule has 0 aliphatic carbocycles. The first-order valence-electron chi connectivity index (χ1n) is 9.14. The fourth-order valence-electron chi connectivity index (χ4n) is 2.83. The van der Waals surface area contributed by atoms with Gasteiger partial charge in [-0.05, 0) is 25.1 Å². The van der Waals surface area contributed by atoms with Crippen LogP contribution < -0.4 is 10.1 Å². The number of hydrogen-bond acceptors (Lipinski definition) is 6. The summed E-state index contributed by atoms with van der Waals surface area (Å²) in [6.45, 7) is 1.46. The molecule has 3 aromatic rings. The molecular formula is C22H22N2O5. The van der Waals surface area contributed by atoms with Crippen LogP contribution in [0.3, 0.4) is 0 Å². The molecule has 2 aromatic carbocycles. The molecule has 0 radical (unpaired) electrons. The maximum absolute atomic E-state index is 12.1. The molecule has 0 saturated carbocycles. The van der Waals surface area contributed by atoms with Crippen LogP contribution in [0.25, 0.3) is 11.5 Å². The number of carbonyl (C=O) groups excluding carboxylic acids is 2. The lowest BCUT2D eigenvalue weighted by Crippen LogP contribution is -2.31. The van der Waals surface area contributed by atoms with Gasteiger partial charge in [0.1, 0.15) is 12.0 Å². The zero-order chi connectivity index (χ0) is 20.6.